The van der Waals surface area contributed by atoms with Gasteiger partial charge < -0.3 is 10.1 Å². The lowest BCUT2D eigenvalue weighted by Gasteiger charge is -2.36. The highest BCUT2D eigenvalue weighted by molar-refractivity contribution is 7.92. The van der Waals surface area contributed by atoms with E-state index in [9.17, 15) is 8.42 Å². The molecule has 0 aromatic heterocycles. The largest absolute Gasteiger partial charge is 0.382 e. The lowest BCUT2D eigenvalue weighted by atomic mass is 9.89. The zero-order valence-electron chi connectivity index (χ0n) is 12.1. The molecule has 5 nitrogen and oxygen atoms in total. The molecule has 112 valence electrons. The van der Waals surface area contributed by atoms with Gasteiger partial charge in [0.25, 0.3) is 0 Å². The van der Waals surface area contributed by atoms with Gasteiger partial charge in [-0.1, -0.05) is 0 Å². The molecule has 1 aliphatic rings. The zero-order chi connectivity index (χ0) is 14.8. The van der Waals surface area contributed by atoms with Gasteiger partial charge in [0.2, 0.25) is 10.0 Å². The van der Waals surface area contributed by atoms with Gasteiger partial charge in [0.05, 0.1) is 18.0 Å². The van der Waals surface area contributed by atoms with Crippen LogP contribution in [0, 0.1) is 6.92 Å². The fourth-order valence-corrected chi connectivity index (χ4v) is 2.99. The highest BCUT2D eigenvalue weighted by atomic mass is 32.2. The van der Waals surface area contributed by atoms with Gasteiger partial charge in [-0.05, 0) is 50.5 Å². The smallest absolute Gasteiger partial charge is 0.229 e. The van der Waals surface area contributed by atoms with E-state index in [0.29, 0.717) is 17.8 Å². The molecular weight excluding hydrogens is 276 g/mol. The maximum Gasteiger partial charge on any atom is 0.229 e. The first kappa shape index (κ1) is 15.1. The Balaban J connectivity index is 1.93. The van der Waals surface area contributed by atoms with Crippen molar-refractivity contribution < 1.29 is 13.2 Å². The number of nitrogens with one attached hydrogen (secondary N) is 2. The van der Waals surface area contributed by atoms with Gasteiger partial charge in [-0.3, -0.25) is 4.72 Å². The van der Waals surface area contributed by atoms with E-state index in [1.165, 1.54) is 0 Å². The van der Waals surface area contributed by atoms with Crippen LogP contribution in [-0.4, -0.2) is 33.4 Å². The molecule has 0 saturated heterocycles. The van der Waals surface area contributed by atoms with Crippen molar-refractivity contribution in [2.45, 2.75) is 38.8 Å². The summed E-state index contributed by atoms with van der Waals surface area (Å²) >= 11 is 0. The van der Waals surface area contributed by atoms with Crippen LogP contribution in [0.5, 0.6) is 0 Å². The zero-order valence-corrected chi connectivity index (χ0v) is 13.0. The Hall–Kier alpha value is -1.27. The van der Waals surface area contributed by atoms with E-state index in [-0.39, 0.29) is 0 Å². The molecule has 2 rings (SSSR count). The third kappa shape index (κ3) is 4.11. The van der Waals surface area contributed by atoms with E-state index in [0.717, 1.165) is 37.0 Å². The minimum atomic E-state index is -3.23. The van der Waals surface area contributed by atoms with E-state index >= 15 is 0 Å². The molecule has 2 N–H and O–H groups in total. The summed E-state index contributed by atoms with van der Waals surface area (Å²) in [7, 11) is -3.23. The number of benzene rings is 1. The van der Waals surface area contributed by atoms with Crippen molar-refractivity contribution in [3.05, 3.63) is 23.8 Å². The van der Waals surface area contributed by atoms with Crippen LogP contribution in [0.1, 0.15) is 25.3 Å². The standard InChI is InChI=1S/C14H22N2O3S/c1-4-19-13-8-12(9-13)15-11-5-6-14(10(2)7-11)16-20(3,17)18/h5-7,12-13,15-16H,4,8-9H2,1-3H3. The predicted molar refractivity (Wildman–Crippen MR) is 81.7 cm³/mol. The summed E-state index contributed by atoms with van der Waals surface area (Å²) in [4.78, 5) is 0. The quantitative estimate of drug-likeness (QED) is 0.846. The molecule has 0 aliphatic heterocycles. The van der Waals surface area contributed by atoms with Crippen molar-refractivity contribution in [1.82, 2.24) is 0 Å². The SMILES string of the molecule is CCOC1CC(Nc2ccc(NS(C)(=O)=O)c(C)c2)C1. The Bertz CT molecular complexity index is 566. The van der Waals surface area contributed by atoms with E-state index in [1.807, 2.05) is 26.0 Å². The van der Waals surface area contributed by atoms with Crippen LogP contribution >= 0.6 is 0 Å². The molecule has 1 aromatic carbocycles. The van der Waals surface area contributed by atoms with E-state index in [2.05, 4.69) is 10.0 Å². The van der Waals surface area contributed by atoms with Crippen LogP contribution in [-0.2, 0) is 14.8 Å². The Morgan fingerprint density at radius 2 is 2.05 bits per heavy atom. The Morgan fingerprint density at radius 1 is 1.35 bits per heavy atom. The molecule has 0 bridgehead atoms. The summed E-state index contributed by atoms with van der Waals surface area (Å²) in [5.41, 5.74) is 2.54. The molecule has 6 heteroatoms. The molecular formula is C14H22N2O3S. The average Bonchev–Trinajstić information content (AvgIpc) is 2.28. The molecule has 1 fully saturated rings. The monoisotopic (exact) mass is 298 g/mol. The van der Waals surface area contributed by atoms with Gasteiger partial charge in [-0.15, -0.1) is 0 Å². The summed E-state index contributed by atoms with van der Waals surface area (Å²) < 4.78 is 30.5. The van der Waals surface area contributed by atoms with Gasteiger partial charge in [0.1, 0.15) is 0 Å². The normalized spacial score (nSPS) is 22.1. The van der Waals surface area contributed by atoms with Crippen LogP contribution in [0.25, 0.3) is 0 Å². The van der Waals surface area contributed by atoms with Gasteiger partial charge >= 0.3 is 0 Å². The summed E-state index contributed by atoms with van der Waals surface area (Å²) in [6, 6.07) is 6.09. The van der Waals surface area contributed by atoms with Crippen LogP contribution in [0.4, 0.5) is 11.4 Å². The number of hydrogen-bond acceptors (Lipinski definition) is 4. The van der Waals surface area contributed by atoms with Gasteiger partial charge in [0.15, 0.2) is 0 Å². The highest BCUT2D eigenvalue weighted by Gasteiger charge is 2.29. The first-order valence-electron chi connectivity index (χ1n) is 6.84. The average molecular weight is 298 g/mol. The van der Waals surface area contributed by atoms with Crippen molar-refractivity contribution in [2.24, 2.45) is 0 Å². The lowest BCUT2D eigenvalue weighted by Crippen LogP contribution is -2.40. The maximum absolute atomic E-state index is 11.2. The molecule has 1 aromatic rings. The van der Waals surface area contributed by atoms with Crippen molar-refractivity contribution in [2.75, 3.05) is 22.9 Å². The second-order valence-electron chi connectivity index (χ2n) is 5.29. The number of sulfonamides is 1. The summed E-state index contributed by atoms with van der Waals surface area (Å²) in [5, 5.41) is 3.44. The minimum Gasteiger partial charge on any atom is -0.382 e. The van der Waals surface area contributed by atoms with E-state index < -0.39 is 10.0 Å². The van der Waals surface area contributed by atoms with Crippen molar-refractivity contribution in [1.29, 1.82) is 0 Å². The van der Waals surface area contributed by atoms with Gasteiger partial charge in [-0.2, -0.15) is 0 Å². The summed E-state index contributed by atoms with van der Waals surface area (Å²) in [6.07, 6.45) is 3.58. The predicted octanol–water partition coefficient (Wildman–Crippen LogP) is 2.35. The molecule has 0 radical (unpaired) electrons. The molecule has 0 unspecified atom stereocenters. The molecule has 0 amide bonds. The van der Waals surface area contributed by atoms with Crippen LogP contribution in [0.15, 0.2) is 18.2 Å². The van der Waals surface area contributed by atoms with Gasteiger partial charge in [-0.25, -0.2) is 8.42 Å². The van der Waals surface area contributed by atoms with Crippen LogP contribution in [0.2, 0.25) is 0 Å². The fraction of sp³-hybridized carbons (Fsp3) is 0.571. The number of aryl methyl sites for hydroxylation is 1. The molecule has 1 aliphatic carbocycles. The topological polar surface area (TPSA) is 67.4 Å². The van der Waals surface area contributed by atoms with Crippen molar-refractivity contribution in [3.8, 4) is 0 Å². The third-order valence-electron chi connectivity index (χ3n) is 3.39. The van der Waals surface area contributed by atoms with Gasteiger partial charge in [0, 0.05) is 18.3 Å². The van der Waals surface area contributed by atoms with E-state index in [1.54, 1.807) is 6.07 Å². The van der Waals surface area contributed by atoms with Crippen LogP contribution in [0.3, 0.4) is 0 Å². The number of ether oxygens (including phenoxy) is 1. The summed E-state index contributed by atoms with van der Waals surface area (Å²) in [5.74, 6) is 0. The number of rotatable bonds is 6. The second kappa shape index (κ2) is 6.01. The first-order valence-corrected chi connectivity index (χ1v) is 8.73. The Kier molecular flexibility index (Phi) is 4.55. The number of anilines is 2. The maximum atomic E-state index is 11.2. The minimum absolute atomic E-state index is 0.379. The molecule has 1 saturated carbocycles. The molecule has 20 heavy (non-hydrogen) atoms. The van der Waals surface area contributed by atoms with Crippen LogP contribution < -0.4 is 10.0 Å². The third-order valence-corrected chi connectivity index (χ3v) is 3.98. The molecule has 0 heterocycles. The molecule has 0 atom stereocenters. The fourth-order valence-electron chi connectivity index (χ4n) is 2.36. The highest BCUT2D eigenvalue weighted by Crippen LogP contribution is 2.28. The van der Waals surface area contributed by atoms with Crippen molar-refractivity contribution >= 4 is 21.4 Å². The lowest BCUT2D eigenvalue weighted by molar-refractivity contribution is 0.00299. The first-order chi connectivity index (χ1) is 9.37. The Labute approximate surface area is 120 Å². The Morgan fingerprint density at radius 3 is 2.60 bits per heavy atom. The number of hydrogen-bond donors (Lipinski definition) is 2. The second-order valence-corrected chi connectivity index (χ2v) is 7.04. The van der Waals surface area contributed by atoms with Crippen molar-refractivity contribution in [3.63, 3.8) is 0 Å². The molecule has 0 spiro atoms. The van der Waals surface area contributed by atoms with E-state index in [4.69, 9.17) is 4.74 Å². The summed E-state index contributed by atoms with van der Waals surface area (Å²) in [6.45, 7) is 4.67.